The summed E-state index contributed by atoms with van der Waals surface area (Å²) >= 11 is 1.83. The first-order valence-electron chi connectivity index (χ1n) is 13.1. The Morgan fingerprint density at radius 3 is 2.25 bits per heavy atom. The molecule has 197 valence electrons. The topological polar surface area (TPSA) is 25.8 Å². The van der Waals surface area contributed by atoms with Crippen LogP contribution in [0, 0.1) is 12.1 Å². The molecule has 0 aliphatic heterocycles. The molecule has 0 bridgehead atoms. The molecule has 7 rings (SSSR count). The minimum absolute atomic E-state index is 0. The van der Waals surface area contributed by atoms with Gasteiger partial charge in [0.15, 0.2) is 0 Å². The number of thiophene rings is 1. The van der Waals surface area contributed by atoms with Crippen molar-refractivity contribution in [2.24, 2.45) is 0 Å². The van der Waals surface area contributed by atoms with Gasteiger partial charge < -0.3 is 9.97 Å². The standard InChI is InChI=1S/C19H14NS.C17H12N.Ir/c1-2-13-10-11-20-17(12-13)16-8-5-7-15-14-6-3-4-9-18(14)21-19(15)16;1-2-7-14(8-3-1)15-9-6-10-16(13-15)17-11-4-5-12-18-17;/h3-7,9-12H,2H2,1H3;1-9,11-13H;/q2*-1;. The summed E-state index contributed by atoms with van der Waals surface area (Å²) in [6, 6.07) is 46.0. The first-order valence-corrected chi connectivity index (χ1v) is 13.9. The maximum Gasteiger partial charge on any atom is 0.0239 e. The van der Waals surface area contributed by atoms with Crippen LogP contribution in [-0.4, -0.2) is 9.97 Å². The second kappa shape index (κ2) is 12.9. The van der Waals surface area contributed by atoms with Crippen LogP contribution in [-0.2, 0) is 26.5 Å². The van der Waals surface area contributed by atoms with Crippen molar-refractivity contribution >= 4 is 31.5 Å². The van der Waals surface area contributed by atoms with Crippen molar-refractivity contribution in [1.82, 2.24) is 9.97 Å². The van der Waals surface area contributed by atoms with E-state index in [-0.39, 0.29) is 20.1 Å². The Bertz CT molecular complexity index is 1790. The Morgan fingerprint density at radius 1 is 0.650 bits per heavy atom. The molecule has 0 fully saturated rings. The normalized spacial score (nSPS) is 10.5. The van der Waals surface area contributed by atoms with Gasteiger partial charge in [0.25, 0.3) is 0 Å². The van der Waals surface area contributed by atoms with Crippen molar-refractivity contribution in [3.8, 4) is 33.6 Å². The fourth-order valence-electron chi connectivity index (χ4n) is 4.66. The number of fused-ring (bicyclic) bond motifs is 3. The molecule has 4 heteroatoms. The molecule has 4 aromatic carbocycles. The van der Waals surface area contributed by atoms with Crippen molar-refractivity contribution in [2.45, 2.75) is 13.3 Å². The van der Waals surface area contributed by atoms with Crippen LogP contribution in [0.25, 0.3) is 53.8 Å². The number of aromatic nitrogens is 2. The summed E-state index contributed by atoms with van der Waals surface area (Å²) in [6.07, 6.45) is 4.73. The number of nitrogens with zero attached hydrogens (tertiary/aromatic N) is 2. The average Bonchev–Trinajstić information content (AvgIpc) is 3.41. The minimum atomic E-state index is 0. The molecule has 0 amide bonds. The number of benzene rings is 4. The van der Waals surface area contributed by atoms with Gasteiger partial charge in [-0.15, -0.1) is 59.2 Å². The third kappa shape index (κ3) is 5.95. The molecule has 0 atom stereocenters. The van der Waals surface area contributed by atoms with Crippen LogP contribution >= 0.6 is 11.3 Å². The molecule has 2 nitrogen and oxygen atoms in total. The van der Waals surface area contributed by atoms with E-state index in [1.54, 1.807) is 6.20 Å². The van der Waals surface area contributed by atoms with Gasteiger partial charge in [-0.25, -0.2) is 0 Å². The maximum atomic E-state index is 4.55. The molecule has 0 aliphatic carbocycles. The molecule has 40 heavy (non-hydrogen) atoms. The molecule has 0 saturated heterocycles. The van der Waals surface area contributed by atoms with Crippen molar-refractivity contribution in [1.29, 1.82) is 0 Å². The van der Waals surface area contributed by atoms with Gasteiger partial charge in [-0.3, -0.25) is 0 Å². The fraction of sp³-hybridized carbons (Fsp3) is 0.0556. The van der Waals surface area contributed by atoms with Crippen LogP contribution < -0.4 is 0 Å². The van der Waals surface area contributed by atoms with Crippen molar-refractivity contribution in [3.63, 3.8) is 0 Å². The molecule has 7 aromatic rings. The third-order valence-electron chi connectivity index (χ3n) is 6.68. The first kappa shape index (κ1) is 27.6. The van der Waals surface area contributed by atoms with Gasteiger partial charge >= 0.3 is 0 Å². The predicted molar refractivity (Wildman–Crippen MR) is 165 cm³/mol. The summed E-state index contributed by atoms with van der Waals surface area (Å²) in [6.45, 7) is 2.17. The van der Waals surface area contributed by atoms with E-state index in [2.05, 4.69) is 95.8 Å². The number of hydrogen-bond donors (Lipinski definition) is 0. The van der Waals surface area contributed by atoms with Crippen LogP contribution in [0.15, 0.2) is 128 Å². The van der Waals surface area contributed by atoms with Gasteiger partial charge in [0, 0.05) is 37.2 Å². The molecule has 0 saturated carbocycles. The molecule has 3 aromatic heterocycles. The Hall–Kier alpha value is -3.95. The van der Waals surface area contributed by atoms with Crippen LogP contribution in [0.1, 0.15) is 12.5 Å². The van der Waals surface area contributed by atoms with Crippen molar-refractivity contribution in [3.05, 3.63) is 145 Å². The summed E-state index contributed by atoms with van der Waals surface area (Å²) < 4.78 is 2.60. The Labute approximate surface area is 252 Å². The number of hydrogen-bond acceptors (Lipinski definition) is 3. The summed E-state index contributed by atoms with van der Waals surface area (Å²) in [5, 5.41) is 2.62. The molecular formula is C36H26IrN2S-2. The van der Waals surface area contributed by atoms with E-state index in [4.69, 9.17) is 0 Å². The van der Waals surface area contributed by atoms with E-state index < -0.39 is 0 Å². The van der Waals surface area contributed by atoms with Crippen LogP contribution in [0.5, 0.6) is 0 Å². The molecule has 0 unspecified atom stereocenters. The van der Waals surface area contributed by atoms with E-state index in [9.17, 15) is 0 Å². The van der Waals surface area contributed by atoms with Gasteiger partial charge in [0.2, 0.25) is 0 Å². The van der Waals surface area contributed by atoms with Crippen LogP contribution in [0.2, 0.25) is 0 Å². The number of rotatable bonds is 4. The van der Waals surface area contributed by atoms with E-state index in [1.807, 2.05) is 66.1 Å². The first-order chi connectivity index (χ1) is 19.3. The average molecular weight is 711 g/mol. The largest absolute Gasteiger partial charge is 0.305 e. The van der Waals surface area contributed by atoms with Crippen molar-refractivity contribution < 1.29 is 20.1 Å². The van der Waals surface area contributed by atoms with Crippen molar-refractivity contribution in [2.75, 3.05) is 0 Å². The summed E-state index contributed by atoms with van der Waals surface area (Å²) in [5.41, 5.74) is 7.83. The smallest absolute Gasteiger partial charge is 0.0239 e. The van der Waals surface area contributed by atoms with Crippen LogP contribution in [0.3, 0.4) is 0 Å². The van der Waals surface area contributed by atoms with E-state index in [1.165, 1.54) is 36.9 Å². The fourth-order valence-corrected chi connectivity index (χ4v) is 5.87. The third-order valence-corrected chi connectivity index (χ3v) is 7.88. The minimum Gasteiger partial charge on any atom is -0.305 e. The molecular weight excluding hydrogens is 685 g/mol. The SMILES string of the molecule is CCc1ccnc(-c2[c-]ccc3c2sc2ccccc23)c1.[Ir].[c-]1ccc(-c2ccccc2)cc1-c1ccccn1. The van der Waals surface area contributed by atoms with Crippen LogP contribution in [0.4, 0.5) is 0 Å². The Morgan fingerprint density at radius 2 is 1.43 bits per heavy atom. The van der Waals surface area contributed by atoms with Gasteiger partial charge in [0.1, 0.15) is 0 Å². The van der Waals surface area contributed by atoms with E-state index >= 15 is 0 Å². The second-order valence-electron chi connectivity index (χ2n) is 9.17. The zero-order valence-corrected chi connectivity index (χ0v) is 25.2. The second-order valence-corrected chi connectivity index (χ2v) is 10.2. The monoisotopic (exact) mass is 711 g/mol. The molecule has 3 heterocycles. The summed E-state index contributed by atoms with van der Waals surface area (Å²) in [7, 11) is 0. The quantitative estimate of drug-likeness (QED) is 0.170. The number of pyridine rings is 2. The summed E-state index contributed by atoms with van der Waals surface area (Å²) in [4.78, 5) is 8.91. The summed E-state index contributed by atoms with van der Waals surface area (Å²) in [5.74, 6) is 0. The van der Waals surface area contributed by atoms with E-state index in [0.717, 1.165) is 28.9 Å². The maximum absolute atomic E-state index is 4.55. The predicted octanol–water partition coefficient (Wildman–Crippen LogP) is 9.69. The molecule has 0 N–H and O–H groups in total. The molecule has 0 aliphatic rings. The van der Waals surface area contributed by atoms with E-state index in [0.29, 0.717) is 0 Å². The Kier molecular flexibility index (Phi) is 8.93. The van der Waals surface area contributed by atoms with Gasteiger partial charge in [-0.2, -0.15) is 11.3 Å². The molecule has 1 radical (unpaired) electrons. The van der Waals surface area contributed by atoms with Gasteiger partial charge in [-0.05, 0) is 51.7 Å². The van der Waals surface area contributed by atoms with Gasteiger partial charge in [-0.1, -0.05) is 84.6 Å². The number of aryl methyl sites for hydroxylation is 1. The zero-order valence-electron chi connectivity index (χ0n) is 22.0. The Balaban J connectivity index is 0.000000159. The molecule has 0 spiro atoms. The van der Waals surface area contributed by atoms with Gasteiger partial charge in [0.05, 0.1) is 0 Å². The zero-order chi connectivity index (χ0) is 26.4.